The van der Waals surface area contributed by atoms with E-state index in [4.69, 9.17) is 0 Å². The van der Waals surface area contributed by atoms with Crippen LogP contribution < -0.4 is 5.32 Å². The van der Waals surface area contributed by atoms with Gasteiger partial charge in [-0.3, -0.25) is 4.79 Å². The number of aryl methyl sites for hydroxylation is 3. The summed E-state index contributed by atoms with van der Waals surface area (Å²) in [5.74, 6) is -0.00426. The molecular formula is C18H21NO. The van der Waals surface area contributed by atoms with Crippen molar-refractivity contribution in [3.63, 3.8) is 0 Å². The SMILES string of the molecule is CC.Cc1ccc2c(c1)CCc1ccccc1C(=O)N2. The molecule has 1 N–H and O–H groups in total. The predicted octanol–water partition coefficient (Wildman–Crippen LogP) is 4.37. The molecule has 2 nitrogen and oxygen atoms in total. The number of hydrogen-bond acceptors (Lipinski definition) is 1. The fraction of sp³-hybridized carbons (Fsp3) is 0.278. The van der Waals surface area contributed by atoms with Gasteiger partial charge in [-0.25, -0.2) is 0 Å². The topological polar surface area (TPSA) is 29.1 Å². The van der Waals surface area contributed by atoms with E-state index in [2.05, 4.69) is 18.3 Å². The number of rotatable bonds is 0. The number of carbonyl (C=O) groups is 1. The Bertz CT molecular complexity index is 617. The molecule has 0 unspecified atom stereocenters. The Labute approximate surface area is 120 Å². The van der Waals surface area contributed by atoms with E-state index in [-0.39, 0.29) is 5.91 Å². The zero-order chi connectivity index (χ0) is 14.5. The van der Waals surface area contributed by atoms with Crippen LogP contribution in [0.1, 0.15) is 40.9 Å². The molecule has 104 valence electrons. The van der Waals surface area contributed by atoms with Crippen molar-refractivity contribution in [3.8, 4) is 0 Å². The van der Waals surface area contributed by atoms with E-state index in [0.717, 1.165) is 29.7 Å². The van der Waals surface area contributed by atoms with E-state index in [0.29, 0.717) is 0 Å². The normalized spacial score (nSPS) is 12.8. The van der Waals surface area contributed by atoms with Crippen molar-refractivity contribution >= 4 is 11.6 Å². The molecule has 1 amide bonds. The lowest BCUT2D eigenvalue weighted by Gasteiger charge is -2.17. The molecule has 0 radical (unpaired) electrons. The summed E-state index contributed by atoms with van der Waals surface area (Å²) in [6.45, 7) is 6.08. The van der Waals surface area contributed by atoms with Gasteiger partial charge in [0.15, 0.2) is 0 Å². The summed E-state index contributed by atoms with van der Waals surface area (Å²) in [4.78, 5) is 12.2. The van der Waals surface area contributed by atoms with E-state index in [1.54, 1.807) is 0 Å². The molecule has 0 saturated carbocycles. The van der Waals surface area contributed by atoms with Gasteiger partial charge in [-0.15, -0.1) is 0 Å². The highest BCUT2D eigenvalue weighted by Crippen LogP contribution is 2.24. The molecule has 20 heavy (non-hydrogen) atoms. The molecular weight excluding hydrogens is 246 g/mol. The molecule has 2 aromatic carbocycles. The molecule has 3 rings (SSSR count). The summed E-state index contributed by atoms with van der Waals surface area (Å²) in [5.41, 5.74) is 5.32. The summed E-state index contributed by atoms with van der Waals surface area (Å²) >= 11 is 0. The predicted molar refractivity (Wildman–Crippen MR) is 84.3 cm³/mol. The van der Waals surface area contributed by atoms with Gasteiger partial charge in [0.1, 0.15) is 0 Å². The van der Waals surface area contributed by atoms with Crippen molar-refractivity contribution in [2.75, 3.05) is 5.32 Å². The van der Waals surface area contributed by atoms with Crippen LogP contribution in [0.5, 0.6) is 0 Å². The molecule has 1 aliphatic rings. The van der Waals surface area contributed by atoms with Gasteiger partial charge in [0.05, 0.1) is 0 Å². The molecule has 0 aliphatic carbocycles. The Morgan fingerprint density at radius 2 is 1.65 bits per heavy atom. The summed E-state index contributed by atoms with van der Waals surface area (Å²) in [7, 11) is 0. The largest absolute Gasteiger partial charge is 0.322 e. The molecule has 0 saturated heterocycles. The van der Waals surface area contributed by atoms with Crippen LogP contribution in [-0.4, -0.2) is 5.91 Å². The maximum absolute atomic E-state index is 12.2. The molecule has 2 heteroatoms. The molecule has 0 bridgehead atoms. The highest BCUT2D eigenvalue weighted by molar-refractivity contribution is 6.06. The van der Waals surface area contributed by atoms with Crippen LogP contribution in [0.15, 0.2) is 42.5 Å². The van der Waals surface area contributed by atoms with Gasteiger partial charge >= 0.3 is 0 Å². The van der Waals surface area contributed by atoms with Gasteiger partial charge in [0, 0.05) is 11.3 Å². The first kappa shape index (κ1) is 14.3. The van der Waals surface area contributed by atoms with E-state index in [1.807, 2.05) is 50.2 Å². The molecule has 1 heterocycles. The second-order valence-corrected chi connectivity index (χ2v) is 4.77. The zero-order valence-corrected chi connectivity index (χ0v) is 12.4. The third-order valence-electron chi connectivity index (χ3n) is 3.43. The van der Waals surface area contributed by atoms with Crippen molar-refractivity contribution in [1.29, 1.82) is 0 Å². The Balaban J connectivity index is 0.000000704. The Hall–Kier alpha value is -2.09. The summed E-state index contributed by atoms with van der Waals surface area (Å²) in [6, 6.07) is 14.0. The summed E-state index contributed by atoms with van der Waals surface area (Å²) < 4.78 is 0. The second-order valence-electron chi connectivity index (χ2n) is 4.77. The number of fused-ring (bicyclic) bond motifs is 2. The lowest BCUT2D eigenvalue weighted by molar-refractivity contribution is 0.102. The molecule has 0 aromatic heterocycles. The van der Waals surface area contributed by atoms with Crippen LogP contribution in [-0.2, 0) is 12.8 Å². The van der Waals surface area contributed by atoms with Gasteiger partial charge in [-0.1, -0.05) is 49.7 Å². The maximum atomic E-state index is 12.2. The lowest BCUT2D eigenvalue weighted by Crippen LogP contribution is -2.18. The quantitative estimate of drug-likeness (QED) is 0.754. The first-order valence-corrected chi connectivity index (χ1v) is 7.23. The number of hydrogen-bond donors (Lipinski definition) is 1. The highest BCUT2D eigenvalue weighted by Gasteiger charge is 2.16. The smallest absolute Gasteiger partial charge is 0.255 e. The minimum atomic E-state index is -0.00426. The van der Waals surface area contributed by atoms with Crippen molar-refractivity contribution in [2.45, 2.75) is 33.6 Å². The summed E-state index contributed by atoms with van der Waals surface area (Å²) in [6.07, 6.45) is 1.88. The average Bonchev–Trinajstić information content (AvgIpc) is 2.48. The maximum Gasteiger partial charge on any atom is 0.255 e. The van der Waals surface area contributed by atoms with Crippen molar-refractivity contribution in [1.82, 2.24) is 0 Å². The third kappa shape index (κ3) is 2.90. The standard InChI is InChI=1S/C16H15NO.C2H6/c1-11-6-9-15-13(10-11)8-7-12-4-2-3-5-14(12)16(18)17-15;1-2/h2-6,9-10H,7-8H2,1H3,(H,17,18);1-2H3. The molecule has 2 aromatic rings. The van der Waals surface area contributed by atoms with Crippen LogP contribution >= 0.6 is 0 Å². The molecule has 0 atom stereocenters. The van der Waals surface area contributed by atoms with Crippen molar-refractivity contribution in [2.24, 2.45) is 0 Å². The fourth-order valence-electron chi connectivity index (χ4n) is 2.47. The number of anilines is 1. The monoisotopic (exact) mass is 267 g/mol. The van der Waals surface area contributed by atoms with Crippen LogP contribution in [0.2, 0.25) is 0 Å². The van der Waals surface area contributed by atoms with Gasteiger partial charge in [0.25, 0.3) is 5.91 Å². The van der Waals surface area contributed by atoms with Gasteiger partial charge < -0.3 is 5.32 Å². The van der Waals surface area contributed by atoms with Crippen LogP contribution in [0.3, 0.4) is 0 Å². The van der Waals surface area contributed by atoms with E-state index >= 15 is 0 Å². The summed E-state index contributed by atoms with van der Waals surface area (Å²) in [5, 5.41) is 3.01. The van der Waals surface area contributed by atoms with Crippen molar-refractivity contribution in [3.05, 3.63) is 64.7 Å². The zero-order valence-electron chi connectivity index (χ0n) is 12.4. The number of benzene rings is 2. The first-order chi connectivity index (χ1) is 9.74. The Kier molecular flexibility index (Phi) is 4.57. The Morgan fingerprint density at radius 3 is 2.45 bits per heavy atom. The fourth-order valence-corrected chi connectivity index (χ4v) is 2.47. The van der Waals surface area contributed by atoms with Gasteiger partial charge in [0.2, 0.25) is 0 Å². The van der Waals surface area contributed by atoms with Crippen molar-refractivity contribution < 1.29 is 4.79 Å². The molecule has 0 fully saturated rings. The van der Waals surface area contributed by atoms with Crippen LogP contribution in [0, 0.1) is 6.92 Å². The third-order valence-corrected chi connectivity index (χ3v) is 3.43. The minimum Gasteiger partial charge on any atom is -0.322 e. The molecule has 0 spiro atoms. The van der Waals surface area contributed by atoms with Crippen LogP contribution in [0.4, 0.5) is 5.69 Å². The van der Waals surface area contributed by atoms with E-state index in [9.17, 15) is 4.79 Å². The lowest BCUT2D eigenvalue weighted by atomic mass is 9.95. The van der Waals surface area contributed by atoms with Gasteiger partial charge in [-0.05, 0) is 43.0 Å². The second kappa shape index (κ2) is 6.38. The average molecular weight is 267 g/mol. The number of carbonyl (C=O) groups excluding carboxylic acids is 1. The Morgan fingerprint density at radius 1 is 0.950 bits per heavy atom. The van der Waals surface area contributed by atoms with Crippen LogP contribution in [0.25, 0.3) is 0 Å². The van der Waals surface area contributed by atoms with E-state index < -0.39 is 0 Å². The van der Waals surface area contributed by atoms with Gasteiger partial charge in [-0.2, -0.15) is 0 Å². The minimum absolute atomic E-state index is 0.00426. The number of amides is 1. The first-order valence-electron chi connectivity index (χ1n) is 7.23. The number of nitrogens with one attached hydrogen (secondary N) is 1. The van der Waals surface area contributed by atoms with E-state index in [1.165, 1.54) is 11.1 Å². The highest BCUT2D eigenvalue weighted by atomic mass is 16.1. The molecule has 1 aliphatic heterocycles.